The van der Waals surface area contributed by atoms with Gasteiger partial charge in [0.1, 0.15) is 5.82 Å². The van der Waals surface area contributed by atoms with Gasteiger partial charge in [-0.1, -0.05) is 19.8 Å². The Bertz CT molecular complexity index is 469. The molecule has 4 N–H and O–H groups in total. The molecule has 0 spiro atoms. The fourth-order valence-electron chi connectivity index (χ4n) is 2.77. The second kappa shape index (κ2) is 5.67. The maximum atomic E-state index is 13.3. The van der Waals surface area contributed by atoms with E-state index in [0.717, 1.165) is 19.3 Å². The number of nitrogens with two attached hydrogens (primary N) is 1. The van der Waals surface area contributed by atoms with Crippen LogP contribution in [0.1, 0.15) is 32.6 Å². The van der Waals surface area contributed by atoms with Gasteiger partial charge in [0.25, 0.3) is 0 Å². The third kappa shape index (κ3) is 3.60. The van der Waals surface area contributed by atoms with E-state index >= 15 is 0 Å². The molecule has 0 aliphatic heterocycles. The highest BCUT2D eigenvalue weighted by Crippen LogP contribution is 2.33. The summed E-state index contributed by atoms with van der Waals surface area (Å²) < 4.78 is 13.6. The van der Waals surface area contributed by atoms with Crippen molar-refractivity contribution in [3.63, 3.8) is 0 Å². The molecule has 1 aromatic rings. The van der Waals surface area contributed by atoms with Gasteiger partial charge in [0, 0.05) is 12.6 Å². The Morgan fingerprint density at radius 1 is 1.58 bits per heavy atom. The first-order valence-electron chi connectivity index (χ1n) is 6.60. The van der Waals surface area contributed by atoms with Crippen molar-refractivity contribution in [1.29, 1.82) is 0 Å². The van der Waals surface area contributed by atoms with Gasteiger partial charge in [-0.3, -0.25) is 0 Å². The second-order valence-electron chi connectivity index (χ2n) is 5.63. The average molecular weight is 331 g/mol. The van der Waals surface area contributed by atoms with Crippen LogP contribution < -0.4 is 11.1 Å². The number of anilines is 2. The van der Waals surface area contributed by atoms with Crippen molar-refractivity contribution in [2.24, 2.45) is 5.92 Å². The molecule has 5 heteroatoms. The molecular weight excluding hydrogens is 311 g/mol. The lowest BCUT2D eigenvalue weighted by atomic mass is 9.79. The highest BCUT2D eigenvalue weighted by Gasteiger charge is 2.32. The van der Waals surface area contributed by atoms with Gasteiger partial charge < -0.3 is 16.2 Å². The lowest BCUT2D eigenvalue weighted by molar-refractivity contribution is -0.000748. The summed E-state index contributed by atoms with van der Waals surface area (Å²) in [4.78, 5) is 0. The molecule has 1 aliphatic carbocycles. The van der Waals surface area contributed by atoms with Crippen molar-refractivity contribution in [1.82, 2.24) is 0 Å². The third-order valence-corrected chi connectivity index (χ3v) is 4.38. The molecule has 0 bridgehead atoms. The van der Waals surface area contributed by atoms with Crippen molar-refractivity contribution >= 4 is 27.3 Å². The van der Waals surface area contributed by atoms with Crippen LogP contribution in [0.5, 0.6) is 0 Å². The Morgan fingerprint density at radius 2 is 2.32 bits per heavy atom. The van der Waals surface area contributed by atoms with Crippen LogP contribution in [0.4, 0.5) is 15.8 Å². The van der Waals surface area contributed by atoms with Crippen LogP contribution in [0.15, 0.2) is 16.6 Å². The number of nitrogen functional groups attached to an aromatic ring is 1. The monoisotopic (exact) mass is 330 g/mol. The van der Waals surface area contributed by atoms with E-state index in [1.54, 1.807) is 6.07 Å². The average Bonchev–Trinajstić information content (AvgIpc) is 2.32. The lowest BCUT2D eigenvalue weighted by Crippen LogP contribution is -2.41. The van der Waals surface area contributed by atoms with E-state index in [1.807, 2.05) is 0 Å². The first kappa shape index (κ1) is 14.6. The molecule has 3 nitrogen and oxygen atoms in total. The molecule has 0 heterocycles. The van der Waals surface area contributed by atoms with Gasteiger partial charge in [-0.25, -0.2) is 4.39 Å². The fourth-order valence-corrected chi connectivity index (χ4v) is 3.11. The molecule has 1 fully saturated rings. The zero-order chi connectivity index (χ0) is 14.0. The summed E-state index contributed by atoms with van der Waals surface area (Å²) in [7, 11) is 0. The van der Waals surface area contributed by atoms with Crippen molar-refractivity contribution in [2.75, 3.05) is 17.6 Å². The molecule has 2 rings (SSSR count). The van der Waals surface area contributed by atoms with Gasteiger partial charge in [-0.15, -0.1) is 0 Å². The highest BCUT2D eigenvalue weighted by molar-refractivity contribution is 9.10. The Kier molecular flexibility index (Phi) is 4.36. The van der Waals surface area contributed by atoms with Crippen LogP contribution in [0.3, 0.4) is 0 Å². The standard InChI is InChI=1S/C14H20BrFN2O/c1-9-3-2-4-14(19,7-9)8-18-13-5-10(15)11(16)6-12(13)17/h5-6,9,18-19H,2-4,7-8,17H2,1H3. The molecule has 0 radical (unpaired) electrons. The van der Waals surface area contributed by atoms with E-state index in [9.17, 15) is 9.50 Å². The van der Waals surface area contributed by atoms with E-state index in [2.05, 4.69) is 28.2 Å². The Hall–Kier alpha value is -0.810. The first-order chi connectivity index (χ1) is 8.89. The summed E-state index contributed by atoms with van der Waals surface area (Å²) in [6, 6.07) is 2.89. The summed E-state index contributed by atoms with van der Waals surface area (Å²) in [5.41, 5.74) is 6.09. The van der Waals surface area contributed by atoms with Crippen LogP contribution in [-0.4, -0.2) is 17.3 Å². The normalized spacial score (nSPS) is 27.3. The molecule has 2 unspecified atom stereocenters. The zero-order valence-corrected chi connectivity index (χ0v) is 12.6. The van der Waals surface area contributed by atoms with Crippen molar-refractivity contribution < 1.29 is 9.50 Å². The van der Waals surface area contributed by atoms with Crippen LogP contribution in [0.25, 0.3) is 0 Å². The molecule has 1 aliphatic rings. The summed E-state index contributed by atoms with van der Waals surface area (Å²) in [6.07, 6.45) is 3.81. The first-order valence-corrected chi connectivity index (χ1v) is 7.40. The van der Waals surface area contributed by atoms with Crippen LogP contribution in [0, 0.1) is 11.7 Å². The molecule has 1 saturated carbocycles. The van der Waals surface area contributed by atoms with Crippen LogP contribution in [-0.2, 0) is 0 Å². The largest absolute Gasteiger partial charge is 0.397 e. The summed E-state index contributed by atoms with van der Waals surface area (Å²) in [5, 5.41) is 13.7. The van der Waals surface area contributed by atoms with Crippen LogP contribution in [0.2, 0.25) is 0 Å². The number of aliphatic hydroxyl groups is 1. The minimum atomic E-state index is -0.690. The second-order valence-corrected chi connectivity index (χ2v) is 6.49. The van der Waals surface area contributed by atoms with Gasteiger partial charge in [-0.05, 0) is 40.8 Å². The zero-order valence-electron chi connectivity index (χ0n) is 11.0. The van der Waals surface area contributed by atoms with Gasteiger partial charge in [0.05, 0.1) is 21.4 Å². The minimum absolute atomic E-state index is 0.355. The molecule has 0 saturated heterocycles. The smallest absolute Gasteiger partial charge is 0.139 e. The maximum Gasteiger partial charge on any atom is 0.139 e. The maximum absolute atomic E-state index is 13.3. The Balaban J connectivity index is 2.04. The predicted molar refractivity (Wildman–Crippen MR) is 79.6 cm³/mol. The summed E-state index contributed by atoms with van der Waals surface area (Å²) >= 11 is 3.14. The molecule has 19 heavy (non-hydrogen) atoms. The number of benzene rings is 1. The quantitative estimate of drug-likeness (QED) is 0.743. The molecular formula is C14H20BrFN2O. The topological polar surface area (TPSA) is 58.3 Å². The number of hydrogen-bond donors (Lipinski definition) is 3. The van der Waals surface area contributed by atoms with E-state index in [0.29, 0.717) is 28.3 Å². The summed E-state index contributed by atoms with van der Waals surface area (Å²) in [6.45, 7) is 2.60. The van der Waals surface area contributed by atoms with Gasteiger partial charge in [0.2, 0.25) is 0 Å². The Labute approximate surface area is 121 Å². The van der Waals surface area contributed by atoms with Gasteiger partial charge in [-0.2, -0.15) is 0 Å². The Morgan fingerprint density at radius 3 is 3.00 bits per heavy atom. The van der Waals surface area contributed by atoms with E-state index < -0.39 is 5.60 Å². The molecule has 0 aromatic heterocycles. The van der Waals surface area contributed by atoms with E-state index in [-0.39, 0.29) is 5.82 Å². The highest BCUT2D eigenvalue weighted by atomic mass is 79.9. The molecule has 2 atom stereocenters. The minimum Gasteiger partial charge on any atom is -0.397 e. The number of halogens is 2. The third-order valence-electron chi connectivity index (χ3n) is 3.77. The van der Waals surface area contributed by atoms with Crippen molar-refractivity contribution in [3.05, 3.63) is 22.4 Å². The number of rotatable bonds is 3. The number of hydrogen-bond acceptors (Lipinski definition) is 3. The number of nitrogens with one attached hydrogen (secondary N) is 1. The SMILES string of the molecule is CC1CCCC(O)(CNc2cc(Br)c(F)cc2N)C1. The summed E-state index contributed by atoms with van der Waals surface area (Å²) in [5.74, 6) is 0.158. The van der Waals surface area contributed by atoms with Gasteiger partial charge >= 0.3 is 0 Å². The predicted octanol–water partition coefficient (Wildman–Crippen LogP) is 3.52. The lowest BCUT2D eigenvalue weighted by Gasteiger charge is -2.36. The molecule has 0 amide bonds. The van der Waals surface area contributed by atoms with Crippen molar-refractivity contribution in [2.45, 2.75) is 38.2 Å². The fraction of sp³-hybridized carbons (Fsp3) is 0.571. The molecule has 106 valence electrons. The molecule has 1 aromatic carbocycles. The van der Waals surface area contributed by atoms with E-state index in [4.69, 9.17) is 5.73 Å². The van der Waals surface area contributed by atoms with Crippen LogP contribution >= 0.6 is 15.9 Å². The van der Waals surface area contributed by atoms with E-state index in [1.165, 1.54) is 12.5 Å². The van der Waals surface area contributed by atoms with Gasteiger partial charge in [0.15, 0.2) is 0 Å². The van der Waals surface area contributed by atoms with Crippen molar-refractivity contribution in [3.8, 4) is 0 Å².